The van der Waals surface area contributed by atoms with Gasteiger partial charge < -0.3 is 9.88 Å². The summed E-state index contributed by atoms with van der Waals surface area (Å²) in [7, 11) is 0. The molecule has 3 heterocycles. The summed E-state index contributed by atoms with van der Waals surface area (Å²) in [5.41, 5.74) is 1.49. The molecule has 5 nitrogen and oxygen atoms in total. The zero-order chi connectivity index (χ0) is 16.6. The van der Waals surface area contributed by atoms with Crippen LogP contribution in [0.4, 0.5) is 13.2 Å². The minimum Gasteiger partial charge on any atom is -0.345 e. The zero-order valence-corrected chi connectivity index (χ0v) is 13.2. The number of thiophene rings is 1. The molecule has 0 aliphatic carbocycles. The van der Waals surface area contributed by atoms with Crippen molar-refractivity contribution in [2.45, 2.75) is 39.0 Å². The van der Waals surface area contributed by atoms with Gasteiger partial charge in [-0.3, -0.25) is 4.79 Å². The van der Waals surface area contributed by atoms with Gasteiger partial charge in [0.25, 0.3) is 5.91 Å². The molecule has 0 spiro atoms. The first kappa shape index (κ1) is 16.0. The number of hydrogen-bond acceptors (Lipinski definition) is 4. The lowest BCUT2D eigenvalue weighted by Gasteiger charge is -2.25. The summed E-state index contributed by atoms with van der Waals surface area (Å²) in [4.78, 5) is 12.1. The molecule has 0 saturated carbocycles. The highest BCUT2D eigenvalue weighted by atomic mass is 32.1. The van der Waals surface area contributed by atoms with Gasteiger partial charge in [-0.15, -0.1) is 10.2 Å². The third-order valence-corrected chi connectivity index (χ3v) is 4.87. The lowest BCUT2D eigenvalue weighted by Crippen LogP contribution is -2.32. The van der Waals surface area contributed by atoms with Crippen LogP contribution in [0.25, 0.3) is 0 Å². The van der Waals surface area contributed by atoms with E-state index in [9.17, 15) is 18.0 Å². The van der Waals surface area contributed by atoms with Crippen molar-refractivity contribution in [3.63, 3.8) is 0 Å². The monoisotopic (exact) mass is 344 g/mol. The molecule has 0 aromatic carbocycles. The molecule has 1 N–H and O–H groups in total. The van der Waals surface area contributed by atoms with E-state index in [1.807, 2.05) is 12.3 Å². The Kier molecular flexibility index (Phi) is 4.13. The fourth-order valence-corrected chi connectivity index (χ4v) is 3.47. The summed E-state index contributed by atoms with van der Waals surface area (Å²) in [6.45, 7) is 2.22. The van der Waals surface area contributed by atoms with Crippen molar-refractivity contribution >= 4 is 17.2 Å². The molecule has 0 bridgehead atoms. The molecule has 0 saturated heterocycles. The number of amides is 1. The van der Waals surface area contributed by atoms with Crippen molar-refractivity contribution in [3.8, 4) is 0 Å². The van der Waals surface area contributed by atoms with E-state index < -0.39 is 12.1 Å². The summed E-state index contributed by atoms with van der Waals surface area (Å²) < 4.78 is 40.0. The number of halogens is 3. The average molecular weight is 344 g/mol. The van der Waals surface area contributed by atoms with E-state index in [1.54, 1.807) is 9.95 Å². The molecular weight excluding hydrogens is 329 g/mol. The maximum Gasteiger partial charge on any atom is 0.392 e. The molecule has 23 heavy (non-hydrogen) atoms. The van der Waals surface area contributed by atoms with Crippen molar-refractivity contribution in [1.82, 2.24) is 20.1 Å². The van der Waals surface area contributed by atoms with E-state index in [0.29, 0.717) is 17.2 Å². The molecular formula is C14H15F3N4OS. The summed E-state index contributed by atoms with van der Waals surface area (Å²) in [5.74, 6) is -0.767. The smallest absolute Gasteiger partial charge is 0.345 e. The van der Waals surface area contributed by atoms with E-state index in [2.05, 4.69) is 15.5 Å². The third-order valence-electron chi connectivity index (χ3n) is 4.00. The van der Waals surface area contributed by atoms with E-state index in [4.69, 9.17) is 0 Å². The van der Waals surface area contributed by atoms with Gasteiger partial charge in [-0.25, -0.2) is 0 Å². The van der Waals surface area contributed by atoms with Crippen LogP contribution in [0.15, 0.2) is 10.8 Å². The molecule has 3 rings (SSSR count). The number of rotatable bonds is 3. The number of aromatic nitrogens is 3. The van der Waals surface area contributed by atoms with Gasteiger partial charge in [-0.2, -0.15) is 24.5 Å². The molecule has 1 aliphatic rings. The van der Waals surface area contributed by atoms with Crippen LogP contribution in [0.2, 0.25) is 0 Å². The Bertz CT molecular complexity index is 722. The Balaban J connectivity index is 1.66. The van der Waals surface area contributed by atoms with Gasteiger partial charge >= 0.3 is 6.18 Å². The summed E-state index contributed by atoms with van der Waals surface area (Å²) in [6.07, 6.45) is -4.35. The molecule has 2 aromatic rings. The zero-order valence-electron chi connectivity index (χ0n) is 12.4. The van der Waals surface area contributed by atoms with Gasteiger partial charge in [-0.1, -0.05) is 0 Å². The minimum absolute atomic E-state index is 0.0130. The van der Waals surface area contributed by atoms with Crippen molar-refractivity contribution < 1.29 is 18.0 Å². The molecule has 1 unspecified atom stereocenters. The van der Waals surface area contributed by atoms with E-state index in [1.165, 1.54) is 11.3 Å². The normalized spacial score (nSPS) is 17.8. The predicted octanol–water partition coefficient (Wildman–Crippen LogP) is 2.70. The second-order valence-corrected chi connectivity index (χ2v) is 6.31. The average Bonchev–Trinajstić information content (AvgIpc) is 3.09. The van der Waals surface area contributed by atoms with Crippen molar-refractivity contribution in [3.05, 3.63) is 33.5 Å². The second-order valence-electron chi connectivity index (χ2n) is 5.57. The Morgan fingerprint density at radius 3 is 2.87 bits per heavy atom. The first-order valence-corrected chi connectivity index (χ1v) is 8.09. The van der Waals surface area contributed by atoms with Crippen LogP contribution >= 0.6 is 11.3 Å². The lowest BCUT2D eigenvalue weighted by atomic mass is 9.97. The van der Waals surface area contributed by atoms with Crippen LogP contribution in [0.1, 0.15) is 34.0 Å². The summed E-state index contributed by atoms with van der Waals surface area (Å²) in [5, 5.41) is 14.1. The minimum atomic E-state index is -4.21. The molecule has 0 fully saturated rings. The number of alkyl halides is 3. The molecule has 9 heteroatoms. The summed E-state index contributed by atoms with van der Waals surface area (Å²) >= 11 is 1.44. The van der Waals surface area contributed by atoms with Gasteiger partial charge in [0.15, 0.2) is 5.82 Å². The number of aryl methyl sites for hydroxylation is 1. The van der Waals surface area contributed by atoms with Crippen molar-refractivity contribution in [2.75, 3.05) is 0 Å². The number of fused-ring (bicyclic) bond motifs is 1. The highest BCUT2D eigenvalue weighted by Gasteiger charge is 2.42. The number of carbonyl (C=O) groups excluding carboxylic acids is 1. The molecule has 1 atom stereocenters. The van der Waals surface area contributed by atoms with Gasteiger partial charge in [0.1, 0.15) is 5.82 Å². The van der Waals surface area contributed by atoms with Crippen LogP contribution < -0.4 is 5.32 Å². The standard InChI is InChI=1S/C14H15F3N4OS/c1-8-6-23-7-10(8)13(22)18-5-12-20-19-11-4-9(14(15,16)17)2-3-21(11)12/h6-7,9H,2-5H2,1H3,(H,18,22). The first-order chi connectivity index (χ1) is 10.9. The highest BCUT2D eigenvalue weighted by Crippen LogP contribution is 2.34. The van der Waals surface area contributed by atoms with E-state index >= 15 is 0 Å². The maximum absolute atomic E-state index is 12.8. The SMILES string of the molecule is Cc1cscc1C(=O)NCc1nnc2n1CCC(C(F)(F)F)C2. The topological polar surface area (TPSA) is 59.8 Å². The van der Waals surface area contributed by atoms with E-state index in [-0.39, 0.29) is 31.8 Å². The second kappa shape index (κ2) is 5.95. The van der Waals surface area contributed by atoms with E-state index in [0.717, 1.165) is 5.56 Å². The highest BCUT2D eigenvalue weighted by molar-refractivity contribution is 7.08. The van der Waals surface area contributed by atoms with Crippen molar-refractivity contribution in [2.24, 2.45) is 5.92 Å². The molecule has 1 amide bonds. The fraction of sp³-hybridized carbons (Fsp3) is 0.500. The Morgan fingerprint density at radius 2 is 2.22 bits per heavy atom. The summed E-state index contributed by atoms with van der Waals surface area (Å²) in [6, 6.07) is 0. The quantitative estimate of drug-likeness (QED) is 0.931. The Morgan fingerprint density at radius 1 is 1.43 bits per heavy atom. The van der Waals surface area contributed by atoms with Crippen molar-refractivity contribution in [1.29, 1.82) is 0 Å². The third kappa shape index (κ3) is 3.24. The molecule has 0 radical (unpaired) electrons. The molecule has 1 aliphatic heterocycles. The largest absolute Gasteiger partial charge is 0.392 e. The number of carbonyl (C=O) groups is 1. The van der Waals surface area contributed by atoms with Crippen LogP contribution in [0.5, 0.6) is 0 Å². The number of nitrogens with one attached hydrogen (secondary N) is 1. The molecule has 124 valence electrons. The molecule has 2 aromatic heterocycles. The first-order valence-electron chi connectivity index (χ1n) is 7.15. The van der Waals surface area contributed by atoms with Gasteiger partial charge in [-0.05, 0) is 24.3 Å². The maximum atomic E-state index is 12.8. The van der Waals surface area contributed by atoms with Crippen LogP contribution in [0, 0.1) is 12.8 Å². The van der Waals surface area contributed by atoms with Gasteiger partial charge in [0.05, 0.1) is 18.0 Å². The predicted molar refractivity (Wildman–Crippen MR) is 78.1 cm³/mol. The van der Waals surface area contributed by atoms with Gasteiger partial charge in [0, 0.05) is 18.3 Å². The van der Waals surface area contributed by atoms with Gasteiger partial charge in [0.2, 0.25) is 0 Å². The van der Waals surface area contributed by atoms with Crippen LogP contribution in [-0.2, 0) is 19.5 Å². The lowest BCUT2D eigenvalue weighted by molar-refractivity contribution is -0.179. The van der Waals surface area contributed by atoms with Crippen LogP contribution in [-0.4, -0.2) is 26.8 Å². The Hall–Kier alpha value is -1.90. The van der Waals surface area contributed by atoms with Crippen LogP contribution in [0.3, 0.4) is 0 Å². The number of nitrogens with zero attached hydrogens (tertiary/aromatic N) is 3. The fourth-order valence-electron chi connectivity index (χ4n) is 2.65. The number of hydrogen-bond donors (Lipinski definition) is 1. The Labute approximate surface area is 134 Å².